The Labute approximate surface area is 378 Å². The van der Waals surface area contributed by atoms with Gasteiger partial charge in [0, 0.05) is 60.9 Å². The van der Waals surface area contributed by atoms with Crippen LogP contribution in [0.15, 0.2) is 158 Å². The Morgan fingerprint density at radius 3 is 1.81 bits per heavy atom. The molecule has 0 radical (unpaired) electrons. The van der Waals surface area contributed by atoms with Crippen LogP contribution in [0.4, 0.5) is 17.1 Å². The molecule has 0 atom stereocenters. The fourth-order valence-corrected chi connectivity index (χ4v) is 13.0. The molecule has 3 heteroatoms. The maximum atomic E-state index is 2.83. The molecule has 4 aliphatic rings. The molecule has 0 saturated carbocycles. The summed E-state index contributed by atoms with van der Waals surface area (Å²) in [7, 11) is 0. The van der Waals surface area contributed by atoms with E-state index in [1.807, 2.05) is 0 Å². The van der Waals surface area contributed by atoms with E-state index in [1.165, 1.54) is 122 Å². The Morgan fingerprint density at radius 1 is 0.453 bits per heavy atom. The summed E-state index contributed by atoms with van der Waals surface area (Å²) in [6.45, 7) is 21.7. The summed E-state index contributed by atoms with van der Waals surface area (Å²) in [6, 6.07) is 60.9. The highest BCUT2D eigenvalue weighted by molar-refractivity contribution is 6.90. The Morgan fingerprint density at radius 2 is 1.08 bits per heavy atom. The van der Waals surface area contributed by atoms with Gasteiger partial charge in [-0.3, -0.25) is 0 Å². The number of benzene rings is 8. The molecule has 2 aliphatic heterocycles. The van der Waals surface area contributed by atoms with Gasteiger partial charge < -0.3 is 9.38 Å². The van der Waals surface area contributed by atoms with Crippen molar-refractivity contribution in [2.75, 3.05) is 4.90 Å². The molecule has 0 amide bonds. The topological polar surface area (TPSA) is 8.17 Å². The molecule has 13 rings (SSSR count). The fourth-order valence-electron chi connectivity index (χ4n) is 13.0. The van der Waals surface area contributed by atoms with Crippen LogP contribution in [0.1, 0.15) is 101 Å². The predicted octanol–water partition coefficient (Wildman–Crippen LogP) is 14.4. The lowest BCUT2D eigenvalue weighted by molar-refractivity contribution is 0.521. The number of rotatable bonds is 2. The first kappa shape index (κ1) is 37.9. The number of para-hydroxylation sites is 1. The van der Waals surface area contributed by atoms with Crippen LogP contribution in [0.5, 0.6) is 0 Å². The average Bonchev–Trinajstić information content (AvgIpc) is 3.77. The smallest absolute Gasteiger partial charge is 0.332 e. The first-order valence-corrected chi connectivity index (χ1v) is 23.3. The molecule has 8 aromatic carbocycles. The quantitative estimate of drug-likeness (QED) is 0.158. The van der Waals surface area contributed by atoms with Crippen molar-refractivity contribution >= 4 is 56.5 Å². The van der Waals surface area contributed by atoms with Crippen LogP contribution in [0.2, 0.25) is 0 Å². The summed E-state index contributed by atoms with van der Waals surface area (Å²) in [5.41, 5.74) is 25.0. The Bertz CT molecular complexity index is 3520. The second-order valence-corrected chi connectivity index (χ2v) is 21.7. The lowest BCUT2D eigenvalue weighted by atomic mass is 9.43. The van der Waals surface area contributed by atoms with Crippen molar-refractivity contribution in [1.29, 1.82) is 0 Å². The van der Waals surface area contributed by atoms with Crippen molar-refractivity contribution in [3.05, 3.63) is 197 Å². The van der Waals surface area contributed by atoms with E-state index in [4.69, 9.17) is 0 Å². The first-order valence-electron chi connectivity index (χ1n) is 23.3. The Balaban J connectivity index is 1.23. The van der Waals surface area contributed by atoms with Crippen molar-refractivity contribution in [3.8, 4) is 33.4 Å². The van der Waals surface area contributed by atoms with Crippen molar-refractivity contribution in [2.45, 2.75) is 84.0 Å². The highest BCUT2D eigenvalue weighted by Gasteiger charge is 2.51. The van der Waals surface area contributed by atoms with Gasteiger partial charge in [-0.1, -0.05) is 196 Å². The van der Waals surface area contributed by atoms with Gasteiger partial charge in [0.15, 0.2) is 0 Å². The van der Waals surface area contributed by atoms with Gasteiger partial charge in [0.05, 0.1) is 5.69 Å². The third-order valence-electron chi connectivity index (χ3n) is 16.1. The molecule has 1 aromatic heterocycles. The van der Waals surface area contributed by atoms with Crippen molar-refractivity contribution in [1.82, 2.24) is 4.48 Å². The molecule has 0 N–H and O–H groups in total. The second kappa shape index (κ2) is 12.4. The molecule has 9 aromatic rings. The van der Waals surface area contributed by atoms with Gasteiger partial charge in [-0.15, -0.1) is 0 Å². The van der Waals surface area contributed by atoms with E-state index in [9.17, 15) is 0 Å². The van der Waals surface area contributed by atoms with Gasteiger partial charge in [0.25, 0.3) is 0 Å². The molecule has 0 unspecified atom stereocenters. The minimum atomic E-state index is -0.222. The second-order valence-electron chi connectivity index (χ2n) is 21.7. The molecule has 0 fully saturated rings. The summed E-state index contributed by atoms with van der Waals surface area (Å²) in [6.07, 6.45) is 0. The summed E-state index contributed by atoms with van der Waals surface area (Å²) in [5, 5.41) is 3.93. The van der Waals surface area contributed by atoms with Crippen LogP contribution in [0, 0.1) is 0 Å². The van der Waals surface area contributed by atoms with Gasteiger partial charge in [-0.05, 0) is 101 Å². The monoisotopic (exact) mass is 824 g/mol. The largest absolute Gasteiger partial charge is 0.378 e. The van der Waals surface area contributed by atoms with Crippen LogP contribution >= 0.6 is 0 Å². The Hall–Kier alpha value is -6.58. The molecule has 310 valence electrons. The number of fused-ring (bicyclic) bond motifs is 13. The lowest BCUT2D eigenvalue weighted by Crippen LogP contribution is -2.58. The standard InChI is InChI=1S/C61H53BN2/c1-58(2,3)38-30-31-50(43(33-38)36-20-11-10-12-21-36)63-51-35-48-47(59(4,5)45-28-17-18-29-46(45)60(48,6)7)34-49(51)62-55-52(63)32-37-22-13-14-23-39(37)53(55)41-25-19-26-42-54-40-24-15-16-27-44(40)61(8,9)57(54)64(62)56(41)42/h10-35H,1-9H3. The van der Waals surface area contributed by atoms with Crippen molar-refractivity contribution in [2.24, 2.45) is 0 Å². The number of anilines is 3. The van der Waals surface area contributed by atoms with Gasteiger partial charge in [0.2, 0.25) is 0 Å². The molecular weight excluding hydrogens is 771 g/mol. The van der Waals surface area contributed by atoms with Crippen LogP contribution in [-0.2, 0) is 21.7 Å². The summed E-state index contributed by atoms with van der Waals surface area (Å²) in [5.74, 6) is 0. The van der Waals surface area contributed by atoms with Gasteiger partial charge >= 0.3 is 6.85 Å². The third kappa shape index (κ3) is 4.67. The van der Waals surface area contributed by atoms with E-state index in [0.717, 1.165) is 0 Å². The van der Waals surface area contributed by atoms with E-state index in [-0.39, 0.29) is 28.5 Å². The predicted molar refractivity (Wildman–Crippen MR) is 272 cm³/mol. The number of hydrogen-bond donors (Lipinski definition) is 0. The number of hydrogen-bond acceptors (Lipinski definition) is 1. The summed E-state index contributed by atoms with van der Waals surface area (Å²) >= 11 is 0. The first-order chi connectivity index (χ1) is 30.7. The van der Waals surface area contributed by atoms with E-state index >= 15 is 0 Å². The number of aromatic nitrogens is 1. The van der Waals surface area contributed by atoms with E-state index in [0.29, 0.717) is 0 Å². The maximum Gasteiger partial charge on any atom is 0.332 e. The summed E-state index contributed by atoms with van der Waals surface area (Å²) in [4.78, 5) is 2.69. The van der Waals surface area contributed by atoms with E-state index < -0.39 is 0 Å². The molecule has 0 bridgehead atoms. The maximum absolute atomic E-state index is 2.83. The molecule has 2 nitrogen and oxygen atoms in total. The summed E-state index contributed by atoms with van der Waals surface area (Å²) < 4.78 is 2.83. The molecule has 3 heterocycles. The average molecular weight is 825 g/mol. The highest BCUT2D eigenvalue weighted by atomic mass is 15.2. The molecule has 0 saturated heterocycles. The van der Waals surface area contributed by atoms with Crippen LogP contribution in [0.3, 0.4) is 0 Å². The molecule has 0 spiro atoms. The lowest BCUT2D eigenvalue weighted by Gasteiger charge is -2.47. The molecular formula is C61H53BN2. The van der Waals surface area contributed by atoms with Crippen LogP contribution in [-0.4, -0.2) is 11.3 Å². The zero-order valence-corrected chi connectivity index (χ0v) is 38.5. The van der Waals surface area contributed by atoms with Crippen LogP contribution < -0.4 is 15.8 Å². The van der Waals surface area contributed by atoms with E-state index in [1.54, 1.807) is 0 Å². The van der Waals surface area contributed by atoms with Crippen LogP contribution in [0.25, 0.3) is 55.1 Å². The molecule has 2 aliphatic carbocycles. The number of nitrogens with zero attached hydrogens (tertiary/aromatic N) is 2. The highest BCUT2D eigenvalue weighted by Crippen LogP contribution is 2.58. The zero-order valence-electron chi connectivity index (χ0n) is 38.5. The molecule has 64 heavy (non-hydrogen) atoms. The van der Waals surface area contributed by atoms with E-state index in [2.05, 4.69) is 229 Å². The van der Waals surface area contributed by atoms with Gasteiger partial charge in [-0.25, -0.2) is 0 Å². The van der Waals surface area contributed by atoms with Gasteiger partial charge in [0.1, 0.15) is 0 Å². The van der Waals surface area contributed by atoms with Gasteiger partial charge in [-0.2, -0.15) is 0 Å². The zero-order chi connectivity index (χ0) is 43.8. The third-order valence-corrected chi connectivity index (χ3v) is 16.1. The normalized spacial score (nSPS) is 16.5. The SMILES string of the molecule is CC(C)(C)c1ccc(N2c3cc4c(cc3B3c5c2cc2ccccc2c5-c2cccc5c6c(n3c25)C(C)(C)c2ccccc2-6)C(C)(C)c2ccccc2C4(C)C)c(-c2ccccc2)c1. The fraction of sp³-hybridized carbons (Fsp3) is 0.213. The van der Waals surface area contributed by atoms with Crippen molar-refractivity contribution < 1.29 is 0 Å². The van der Waals surface area contributed by atoms with Crippen molar-refractivity contribution in [3.63, 3.8) is 0 Å². The Kier molecular flexibility index (Phi) is 7.33. The minimum Gasteiger partial charge on any atom is -0.378 e. The minimum absolute atomic E-state index is 0.0224.